The second-order valence-electron chi connectivity index (χ2n) is 4.54. The van der Waals surface area contributed by atoms with Gasteiger partial charge in [0.25, 0.3) is 0 Å². The Balaban J connectivity index is 1.97. The minimum atomic E-state index is -0.910. The fourth-order valence-electron chi connectivity index (χ4n) is 1.98. The number of carbonyl (C=O) groups is 2. The Morgan fingerprint density at radius 3 is 2.65 bits per heavy atom. The van der Waals surface area contributed by atoms with Gasteiger partial charge >= 0.3 is 12.0 Å². The summed E-state index contributed by atoms with van der Waals surface area (Å²) in [5, 5.41) is 11.5. The first-order valence-electron chi connectivity index (χ1n) is 6.26. The molecule has 1 aromatic carbocycles. The second kappa shape index (κ2) is 6.51. The van der Waals surface area contributed by atoms with E-state index in [1.54, 1.807) is 29.2 Å². The van der Waals surface area contributed by atoms with Gasteiger partial charge in [-0.05, 0) is 17.7 Å². The highest BCUT2D eigenvalue weighted by atomic mass is 32.2. The first kappa shape index (κ1) is 14.5. The van der Waals surface area contributed by atoms with Crippen LogP contribution in [0.1, 0.15) is 5.56 Å². The summed E-state index contributed by atoms with van der Waals surface area (Å²) in [6.07, 6.45) is -0.0770. The Morgan fingerprint density at radius 1 is 1.30 bits per heavy atom. The van der Waals surface area contributed by atoms with Crippen molar-refractivity contribution in [1.82, 2.24) is 4.90 Å². The van der Waals surface area contributed by atoms with Crippen LogP contribution in [0.5, 0.6) is 0 Å². The normalized spacial score (nSPS) is 15.9. The zero-order valence-corrected chi connectivity index (χ0v) is 11.7. The Bertz CT molecular complexity index is 537. The molecule has 1 aromatic rings. The first-order chi connectivity index (χ1) is 9.54. The third kappa shape index (κ3) is 4.06. The number of aliphatic carboxylic acids is 1. The van der Waals surface area contributed by atoms with Gasteiger partial charge in [0, 0.05) is 41.1 Å². The SMILES string of the molecule is O=C(O)Cc1cccc(NC(=O)N2CCS(=O)CC2)c1. The fourth-order valence-corrected chi connectivity index (χ4v) is 3.03. The summed E-state index contributed by atoms with van der Waals surface area (Å²) < 4.78 is 11.2. The van der Waals surface area contributed by atoms with E-state index >= 15 is 0 Å². The fraction of sp³-hybridized carbons (Fsp3) is 0.385. The molecule has 1 fully saturated rings. The largest absolute Gasteiger partial charge is 0.481 e. The molecule has 2 rings (SSSR count). The summed E-state index contributed by atoms with van der Waals surface area (Å²) in [6.45, 7) is 0.959. The number of anilines is 1. The molecule has 2 N–H and O–H groups in total. The molecule has 2 amide bonds. The number of urea groups is 1. The van der Waals surface area contributed by atoms with Crippen LogP contribution in [0.25, 0.3) is 0 Å². The van der Waals surface area contributed by atoms with E-state index in [1.165, 1.54) is 0 Å². The monoisotopic (exact) mass is 296 g/mol. The van der Waals surface area contributed by atoms with Crippen LogP contribution in [0.4, 0.5) is 10.5 Å². The van der Waals surface area contributed by atoms with Crippen molar-refractivity contribution >= 4 is 28.5 Å². The molecule has 0 saturated carbocycles. The molecule has 0 atom stereocenters. The van der Waals surface area contributed by atoms with Crippen molar-refractivity contribution in [3.8, 4) is 0 Å². The molecule has 20 heavy (non-hydrogen) atoms. The highest BCUT2D eigenvalue weighted by molar-refractivity contribution is 7.85. The van der Waals surface area contributed by atoms with Gasteiger partial charge in [-0.25, -0.2) is 4.79 Å². The van der Waals surface area contributed by atoms with Gasteiger partial charge < -0.3 is 15.3 Å². The molecular formula is C13H16N2O4S. The van der Waals surface area contributed by atoms with Crippen LogP contribution < -0.4 is 5.32 Å². The van der Waals surface area contributed by atoms with Gasteiger partial charge in [-0.3, -0.25) is 9.00 Å². The maximum absolute atomic E-state index is 12.0. The number of hydrogen-bond acceptors (Lipinski definition) is 3. The van der Waals surface area contributed by atoms with E-state index in [0.29, 0.717) is 35.8 Å². The molecule has 1 aliphatic rings. The van der Waals surface area contributed by atoms with E-state index in [1.807, 2.05) is 0 Å². The standard InChI is InChI=1S/C13H16N2O4S/c16-12(17)9-10-2-1-3-11(8-10)14-13(18)15-4-6-20(19)7-5-15/h1-3,8H,4-7,9H2,(H,14,18)(H,16,17). The summed E-state index contributed by atoms with van der Waals surface area (Å²) in [6, 6.07) is 6.53. The van der Waals surface area contributed by atoms with E-state index in [0.717, 1.165) is 0 Å². The number of carboxylic acid groups (broad SMARTS) is 1. The predicted octanol–water partition coefficient (Wildman–Crippen LogP) is 0.910. The summed E-state index contributed by atoms with van der Waals surface area (Å²) >= 11 is 0. The molecule has 1 heterocycles. The van der Waals surface area contributed by atoms with E-state index in [4.69, 9.17) is 5.11 Å². The van der Waals surface area contributed by atoms with Crippen molar-refractivity contribution in [2.45, 2.75) is 6.42 Å². The Morgan fingerprint density at radius 2 is 2.00 bits per heavy atom. The molecule has 0 aliphatic carbocycles. The van der Waals surface area contributed by atoms with Crippen molar-refractivity contribution in [2.24, 2.45) is 0 Å². The quantitative estimate of drug-likeness (QED) is 0.868. The topological polar surface area (TPSA) is 86.7 Å². The van der Waals surface area contributed by atoms with Gasteiger partial charge in [-0.2, -0.15) is 0 Å². The molecule has 1 aliphatic heterocycles. The van der Waals surface area contributed by atoms with Gasteiger partial charge in [0.2, 0.25) is 0 Å². The summed E-state index contributed by atoms with van der Waals surface area (Å²) in [5.41, 5.74) is 1.20. The average Bonchev–Trinajstić information content (AvgIpc) is 2.39. The van der Waals surface area contributed by atoms with Crippen molar-refractivity contribution in [3.05, 3.63) is 29.8 Å². The van der Waals surface area contributed by atoms with Gasteiger partial charge in [0.15, 0.2) is 0 Å². The van der Waals surface area contributed by atoms with Crippen molar-refractivity contribution in [3.63, 3.8) is 0 Å². The van der Waals surface area contributed by atoms with Crippen LogP contribution in [0.15, 0.2) is 24.3 Å². The number of carbonyl (C=O) groups excluding carboxylic acids is 1. The number of rotatable bonds is 3. The third-order valence-electron chi connectivity index (χ3n) is 3.00. The molecule has 0 bridgehead atoms. The van der Waals surface area contributed by atoms with Crippen LogP contribution in [0, 0.1) is 0 Å². The summed E-state index contributed by atoms with van der Waals surface area (Å²) in [7, 11) is -0.821. The zero-order chi connectivity index (χ0) is 14.5. The van der Waals surface area contributed by atoms with Crippen LogP contribution in [-0.4, -0.2) is 50.8 Å². The number of hydrogen-bond donors (Lipinski definition) is 2. The third-order valence-corrected chi connectivity index (χ3v) is 4.27. The number of nitrogens with one attached hydrogen (secondary N) is 1. The maximum Gasteiger partial charge on any atom is 0.321 e. The number of nitrogens with zero attached hydrogens (tertiary/aromatic N) is 1. The van der Waals surface area contributed by atoms with Crippen molar-refractivity contribution in [2.75, 3.05) is 29.9 Å². The van der Waals surface area contributed by atoms with Crippen LogP contribution in [-0.2, 0) is 22.0 Å². The minimum absolute atomic E-state index is 0.0770. The Kier molecular flexibility index (Phi) is 4.73. The Hall–Kier alpha value is -1.89. The van der Waals surface area contributed by atoms with Crippen LogP contribution >= 0.6 is 0 Å². The van der Waals surface area contributed by atoms with Gasteiger partial charge in [0.05, 0.1) is 6.42 Å². The molecule has 1 saturated heterocycles. The molecular weight excluding hydrogens is 280 g/mol. The van der Waals surface area contributed by atoms with Gasteiger partial charge in [0.1, 0.15) is 0 Å². The summed E-state index contributed by atoms with van der Waals surface area (Å²) in [5.74, 6) is 0.103. The highest BCUT2D eigenvalue weighted by Crippen LogP contribution is 2.13. The van der Waals surface area contributed by atoms with E-state index < -0.39 is 16.8 Å². The molecule has 6 nitrogen and oxygen atoms in total. The zero-order valence-electron chi connectivity index (χ0n) is 10.9. The highest BCUT2D eigenvalue weighted by Gasteiger charge is 2.19. The minimum Gasteiger partial charge on any atom is -0.481 e. The number of benzene rings is 1. The molecule has 0 unspecified atom stereocenters. The molecule has 0 aromatic heterocycles. The van der Waals surface area contributed by atoms with Crippen LogP contribution in [0.3, 0.4) is 0 Å². The molecule has 0 radical (unpaired) electrons. The van der Waals surface area contributed by atoms with Crippen molar-refractivity contribution < 1.29 is 18.9 Å². The predicted molar refractivity (Wildman–Crippen MR) is 76.2 cm³/mol. The molecule has 108 valence electrons. The lowest BCUT2D eigenvalue weighted by Crippen LogP contribution is -2.43. The molecule has 0 spiro atoms. The number of amides is 2. The van der Waals surface area contributed by atoms with Crippen LogP contribution in [0.2, 0.25) is 0 Å². The second-order valence-corrected chi connectivity index (χ2v) is 6.23. The number of carboxylic acids is 1. The average molecular weight is 296 g/mol. The maximum atomic E-state index is 12.0. The first-order valence-corrected chi connectivity index (χ1v) is 7.75. The smallest absolute Gasteiger partial charge is 0.321 e. The molecule has 7 heteroatoms. The van der Waals surface area contributed by atoms with Gasteiger partial charge in [-0.1, -0.05) is 12.1 Å². The van der Waals surface area contributed by atoms with E-state index in [2.05, 4.69) is 5.32 Å². The Labute approximate surface area is 119 Å². The lowest BCUT2D eigenvalue weighted by molar-refractivity contribution is -0.136. The van der Waals surface area contributed by atoms with E-state index in [9.17, 15) is 13.8 Å². The van der Waals surface area contributed by atoms with Crippen molar-refractivity contribution in [1.29, 1.82) is 0 Å². The van der Waals surface area contributed by atoms with E-state index in [-0.39, 0.29) is 12.5 Å². The lowest BCUT2D eigenvalue weighted by atomic mass is 10.1. The lowest BCUT2D eigenvalue weighted by Gasteiger charge is -2.26. The summed E-state index contributed by atoms with van der Waals surface area (Å²) in [4.78, 5) is 24.3. The van der Waals surface area contributed by atoms with Gasteiger partial charge in [-0.15, -0.1) is 0 Å².